The molecule has 0 atom stereocenters. The van der Waals surface area contributed by atoms with E-state index >= 15 is 0 Å². The Bertz CT molecular complexity index is 1110. The number of imidazole rings is 1. The van der Waals surface area contributed by atoms with Gasteiger partial charge in [-0.3, -0.25) is 5.73 Å². The Balaban J connectivity index is 0.00000306. The summed E-state index contributed by atoms with van der Waals surface area (Å²) in [5.74, 6) is 3.94. The van der Waals surface area contributed by atoms with E-state index < -0.39 is 0 Å². The van der Waals surface area contributed by atoms with Crippen molar-refractivity contribution in [3.8, 4) is 11.5 Å². The van der Waals surface area contributed by atoms with Crippen molar-refractivity contribution >= 4 is 40.5 Å². The molecule has 0 fully saturated rings. The summed E-state index contributed by atoms with van der Waals surface area (Å²) in [6, 6.07) is 24.6. The van der Waals surface area contributed by atoms with Crippen LogP contribution < -0.4 is 43.8 Å². The zero-order chi connectivity index (χ0) is 22.3. The number of anilines is 1. The van der Waals surface area contributed by atoms with Crippen molar-refractivity contribution in [3.63, 3.8) is 0 Å². The van der Waals surface area contributed by atoms with Gasteiger partial charge in [0.25, 0.3) is 0 Å². The number of ether oxygens (including phenoxy) is 2. The lowest BCUT2D eigenvalue weighted by atomic mass is 10.3. The van der Waals surface area contributed by atoms with Crippen LogP contribution in [0.4, 0.5) is 5.95 Å². The first-order chi connectivity index (χ1) is 15.7. The molecule has 0 aliphatic rings. The van der Waals surface area contributed by atoms with Crippen LogP contribution in [0.15, 0.2) is 82.6 Å². The Kier molecular flexibility index (Phi) is 9.64. The second-order valence-corrected chi connectivity index (χ2v) is 8.98. The highest BCUT2D eigenvalue weighted by atomic mass is 127. The van der Waals surface area contributed by atoms with Crippen LogP contribution in [0.2, 0.25) is 0 Å². The minimum Gasteiger partial charge on any atom is -1.00 e. The van der Waals surface area contributed by atoms with Crippen molar-refractivity contribution in [2.45, 2.75) is 35.4 Å². The number of hydrogen-bond donors (Lipinski definition) is 1. The third-order valence-corrected chi connectivity index (χ3v) is 7.08. The molecule has 8 heteroatoms. The van der Waals surface area contributed by atoms with E-state index in [1.54, 1.807) is 23.5 Å². The number of nitrogens with zero attached hydrogens (tertiary/aromatic N) is 2. The number of nitrogen functional groups attached to an aromatic ring is 1. The van der Waals surface area contributed by atoms with Gasteiger partial charge in [-0.15, -0.1) is 0 Å². The zero-order valence-corrected chi connectivity index (χ0v) is 22.5. The Morgan fingerprint density at radius 1 is 0.788 bits per heavy atom. The highest BCUT2D eigenvalue weighted by Gasteiger charge is 2.21. The predicted molar refractivity (Wildman–Crippen MR) is 133 cm³/mol. The lowest BCUT2D eigenvalue weighted by Gasteiger charge is -2.10. The lowest BCUT2D eigenvalue weighted by molar-refractivity contribution is -0.635. The highest BCUT2D eigenvalue weighted by molar-refractivity contribution is 7.98. The Labute approximate surface area is 220 Å². The van der Waals surface area contributed by atoms with Crippen LogP contribution in [0, 0.1) is 0 Å². The third-order valence-electron chi connectivity index (χ3n) is 5.01. The van der Waals surface area contributed by atoms with Gasteiger partial charge in [0.15, 0.2) is 0 Å². The van der Waals surface area contributed by atoms with Gasteiger partial charge in [-0.25, -0.2) is 9.13 Å². The monoisotopic (exact) mass is 593 g/mol. The van der Waals surface area contributed by atoms with Gasteiger partial charge in [0.1, 0.15) is 34.3 Å². The van der Waals surface area contributed by atoms with Crippen LogP contribution >= 0.6 is 23.5 Å². The van der Waals surface area contributed by atoms with Crippen molar-refractivity contribution in [1.82, 2.24) is 4.57 Å². The van der Waals surface area contributed by atoms with Crippen LogP contribution in [0.3, 0.4) is 0 Å². The van der Waals surface area contributed by atoms with Crippen molar-refractivity contribution < 1.29 is 38.0 Å². The van der Waals surface area contributed by atoms with Crippen molar-refractivity contribution in [2.24, 2.45) is 0 Å². The van der Waals surface area contributed by atoms with E-state index in [9.17, 15) is 0 Å². The SMILES string of the molecule is CCOc1ccccc1SCn1c(N)[n+](CSc2ccccc2OCC)c2ccccc21.[I-]. The minimum absolute atomic E-state index is 0. The van der Waals surface area contributed by atoms with E-state index in [0.717, 1.165) is 38.3 Å². The van der Waals surface area contributed by atoms with Gasteiger partial charge < -0.3 is 33.5 Å². The van der Waals surface area contributed by atoms with Gasteiger partial charge in [0.05, 0.1) is 23.0 Å². The molecule has 5 nitrogen and oxygen atoms in total. The molecular formula is C25H28IN3O2S2. The van der Waals surface area contributed by atoms with E-state index in [1.165, 1.54) is 0 Å². The molecule has 0 saturated heterocycles. The summed E-state index contributed by atoms with van der Waals surface area (Å²) in [6.45, 7) is 5.30. The van der Waals surface area contributed by atoms with Gasteiger partial charge in [0, 0.05) is 0 Å². The van der Waals surface area contributed by atoms with E-state index in [0.29, 0.717) is 25.0 Å². The van der Waals surface area contributed by atoms with E-state index in [4.69, 9.17) is 15.2 Å². The maximum Gasteiger partial charge on any atom is 0.357 e. The summed E-state index contributed by atoms with van der Waals surface area (Å²) in [6.07, 6.45) is 0. The Morgan fingerprint density at radius 2 is 1.33 bits per heavy atom. The molecule has 0 radical (unpaired) electrons. The number of thioether (sulfide) groups is 2. The molecule has 0 aliphatic carbocycles. The molecule has 0 saturated carbocycles. The molecule has 1 heterocycles. The first-order valence-electron chi connectivity index (χ1n) is 10.7. The average molecular weight is 594 g/mol. The summed E-state index contributed by atoms with van der Waals surface area (Å²) >= 11 is 3.45. The normalized spacial score (nSPS) is 10.7. The number of benzene rings is 3. The average Bonchev–Trinajstić information content (AvgIpc) is 3.09. The molecule has 0 spiro atoms. The van der Waals surface area contributed by atoms with Gasteiger partial charge in [-0.2, -0.15) is 0 Å². The number of fused-ring (bicyclic) bond motifs is 1. The van der Waals surface area contributed by atoms with Gasteiger partial charge >= 0.3 is 5.95 Å². The van der Waals surface area contributed by atoms with Crippen molar-refractivity contribution in [3.05, 3.63) is 72.8 Å². The molecule has 4 aromatic rings. The number of halogens is 1. The Hall–Kier alpha value is -2.04. The topological polar surface area (TPSA) is 53.3 Å². The van der Waals surface area contributed by atoms with E-state index in [-0.39, 0.29) is 24.0 Å². The first-order valence-corrected chi connectivity index (χ1v) is 12.7. The molecule has 2 N–H and O–H groups in total. The number of nitrogens with two attached hydrogens (primary N) is 1. The molecule has 3 aromatic carbocycles. The predicted octanol–water partition coefficient (Wildman–Crippen LogP) is 2.81. The number of hydrogen-bond acceptors (Lipinski definition) is 5. The zero-order valence-electron chi connectivity index (χ0n) is 18.7. The van der Waals surface area contributed by atoms with Crippen molar-refractivity contribution in [2.75, 3.05) is 18.9 Å². The number of rotatable bonds is 10. The molecule has 0 unspecified atom stereocenters. The van der Waals surface area contributed by atoms with Crippen LogP contribution in [0.25, 0.3) is 11.0 Å². The minimum atomic E-state index is 0. The lowest BCUT2D eigenvalue weighted by Crippen LogP contribution is -3.00. The number of para-hydroxylation sites is 4. The quantitative estimate of drug-likeness (QED) is 0.174. The summed E-state index contributed by atoms with van der Waals surface area (Å²) in [5.41, 5.74) is 8.91. The highest BCUT2D eigenvalue weighted by Crippen LogP contribution is 2.33. The van der Waals surface area contributed by atoms with E-state index in [1.807, 2.05) is 50.2 Å². The standard InChI is InChI=1S/C25H27N3O2S2.HI/c1-3-29-21-13-7-9-15-23(21)31-17-27-19-11-5-6-12-20(19)28(25(27)26)18-32-24-16-10-8-14-22(24)30-4-2;/h5-16,26H,3-4,17-18H2,1-2H3;1H. The second kappa shape index (κ2) is 12.4. The molecule has 0 amide bonds. The van der Waals surface area contributed by atoms with Crippen LogP contribution in [-0.4, -0.2) is 17.8 Å². The van der Waals surface area contributed by atoms with Crippen LogP contribution in [0.1, 0.15) is 13.8 Å². The number of aromatic nitrogens is 2. The fraction of sp³-hybridized carbons (Fsp3) is 0.240. The third kappa shape index (κ3) is 5.91. The molecule has 33 heavy (non-hydrogen) atoms. The molecule has 1 aromatic heterocycles. The van der Waals surface area contributed by atoms with Gasteiger partial charge in [-0.05, 0) is 50.2 Å². The van der Waals surface area contributed by atoms with Crippen LogP contribution in [-0.2, 0) is 11.8 Å². The maximum absolute atomic E-state index is 6.67. The molecule has 0 bridgehead atoms. The molecular weight excluding hydrogens is 565 g/mol. The molecule has 4 rings (SSSR count). The molecule has 0 aliphatic heterocycles. The van der Waals surface area contributed by atoms with Crippen LogP contribution in [0.5, 0.6) is 11.5 Å². The smallest absolute Gasteiger partial charge is 0.357 e. The summed E-state index contributed by atoms with van der Waals surface area (Å²) in [4.78, 5) is 2.22. The summed E-state index contributed by atoms with van der Waals surface area (Å²) < 4.78 is 15.9. The Morgan fingerprint density at radius 3 is 1.97 bits per heavy atom. The maximum atomic E-state index is 6.67. The summed E-state index contributed by atoms with van der Waals surface area (Å²) in [7, 11) is 0. The fourth-order valence-corrected chi connectivity index (χ4v) is 5.51. The fourth-order valence-electron chi connectivity index (χ4n) is 3.54. The van der Waals surface area contributed by atoms with Gasteiger partial charge in [0.2, 0.25) is 0 Å². The van der Waals surface area contributed by atoms with E-state index in [2.05, 4.69) is 45.5 Å². The first kappa shape index (κ1) is 25.6. The summed E-state index contributed by atoms with van der Waals surface area (Å²) in [5, 5.41) is 0. The molecule has 174 valence electrons. The largest absolute Gasteiger partial charge is 1.00 e. The van der Waals surface area contributed by atoms with Gasteiger partial charge in [-0.1, -0.05) is 59.9 Å². The second-order valence-electron chi connectivity index (χ2n) is 7.01. The van der Waals surface area contributed by atoms with Crippen molar-refractivity contribution in [1.29, 1.82) is 0 Å².